The number of hydrogen-bond donors (Lipinski definition) is 0. The topological polar surface area (TPSA) is 17.8 Å². The fourth-order valence-corrected chi connectivity index (χ4v) is 2.63. The SMILES string of the molecule is CCc1ccc2nc(-c3ccccc3)n(C)c(=S)c2c1. The summed E-state index contributed by atoms with van der Waals surface area (Å²) in [6.07, 6.45) is 1.01. The lowest BCUT2D eigenvalue weighted by Gasteiger charge is -2.11. The van der Waals surface area contributed by atoms with Gasteiger partial charge in [-0.05, 0) is 24.1 Å². The second-order valence-corrected chi connectivity index (χ2v) is 5.26. The Kier molecular flexibility index (Phi) is 3.36. The number of benzene rings is 2. The van der Waals surface area contributed by atoms with Crippen LogP contribution < -0.4 is 0 Å². The predicted octanol–water partition coefficient (Wildman–Crippen LogP) is 4.53. The molecule has 1 heterocycles. The molecule has 0 aliphatic carbocycles. The molecule has 0 radical (unpaired) electrons. The van der Waals surface area contributed by atoms with E-state index >= 15 is 0 Å². The van der Waals surface area contributed by atoms with E-state index in [0.29, 0.717) is 0 Å². The lowest BCUT2D eigenvalue weighted by molar-refractivity contribution is 0.879. The highest BCUT2D eigenvalue weighted by Gasteiger charge is 2.08. The van der Waals surface area contributed by atoms with Gasteiger partial charge in [-0.1, -0.05) is 55.5 Å². The Labute approximate surface area is 123 Å². The van der Waals surface area contributed by atoms with E-state index in [0.717, 1.165) is 33.4 Å². The van der Waals surface area contributed by atoms with E-state index in [4.69, 9.17) is 17.2 Å². The third-order valence-corrected chi connectivity index (χ3v) is 4.07. The first kappa shape index (κ1) is 13.0. The highest BCUT2D eigenvalue weighted by molar-refractivity contribution is 7.71. The minimum absolute atomic E-state index is 0.837. The zero-order chi connectivity index (χ0) is 14.1. The number of aryl methyl sites for hydroxylation is 1. The Hall–Kier alpha value is -2.00. The number of rotatable bonds is 2. The van der Waals surface area contributed by atoms with Crippen LogP contribution in [0.2, 0.25) is 0 Å². The van der Waals surface area contributed by atoms with E-state index in [1.807, 2.05) is 29.8 Å². The average molecular weight is 280 g/mol. The van der Waals surface area contributed by atoms with Crippen molar-refractivity contribution in [1.29, 1.82) is 0 Å². The summed E-state index contributed by atoms with van der Waals surface area (Å²) in [4.78, 5) is 4.78. The van der Waals surface area contributed by atoms with Gasteiger partial charge >= 0.3 is 0 Å². The van der Waals surface area contributed by atoms with Gasteiger partial charge in [-0.2, -0.15) is 0 Å². The summed E-state index contributed by atoms with van der Waals surface area (Å²) >= 11 is 5.61. The van der Waals surface area contributed by atoms with Crippen LogP contribution in [-0.2, 0) is 13.5 Å². The van der Waals surface area contributed by atoms with E-state index in [1.54, 1.807) is 0 Å². The largest absolute Gasteiger partial charge is 0.319 e. The second-order valence-electron chi connectivity index (χ2n) is 4.87. The molecule has 0 amide bonds. The Morgan fingerprint density at radius 1 is 1.10 bits per heavy atom. The van der Waals surface area contributed by atoms with Gasteiger partial charge in [0, 0.05) is 18.0 Å². The lowest BCUT2D eigenvalue weighted by Crippen LogP contribution is -2.02. The first-order chi connectivity index (χ1) is 9.70. The van der Waals surface area contributed by atoms with Crippen LogP contribution in [0.4, 0.5) is 0 Å². The standard InChI is InChI=1S/C17H16N2S/c1-3-12-9-10-15-14(11-12)17(20)19(2)16(18-15)13-7-5-4-6-8-13/h4-11H,3H2,1-2H3. The molecule has 0 bridgehead atoms. The fourth-order valence-electron chi connectivity index (χ4n) is 2.38. The third kappa shape index (κ3) is 2.14. The Morgan fingerprint density at radius 3 is 2.55 bits per heavy atom. The van der Waals surface area contributed by atoms with Crippen molar-refractivity contribution in [1.82, 2.24) is 9.55 Å². The maximum absolute atomic E-state index is 5.61. The molecule has 20 heavy (non-hydrogen) atoms. The van der Waals surface area contributed by atoms with Gasteiger partial charge in [-0.25, -0.2) is 4.98 Å². The highest BCUT2D eigenvalue weighted by atomic mass is 32.1. The van der Waals surface area contributed by atoms with Gasteiger partial charge in [0.25, 0.3) is 0 Å². The van der Waals surface area contributed by atoms with Crippen LogP contribution in [0.25, 0.3) is 22.3 Å². The predicted molar refractivity (Wildman–Crippen MR) is 86.4 cm³/mol. The minimum Gasteiger partial charge on any atom is -0.319 e. The quantitative estimate of drug-likeness (QED) is 0.642. The molecule has 1 aromatic heterocycles. The lowest BCUT2D eigenvalue weighted by atomic mass is 10.1. The van der Waals surface area contributed by atoms with Gasteiger partial charge < -0.3 is 4.57 Å². The van der Waals surface area contributed by atoms with Crippen LogP contribution in [-0.4, -0.2) is 9.55 Å². The molecule has 0 aliphatic rings. The monoisotopic (exact) mass is 280 g/mol. The van der Waals surface area contributed by atoms with Gasteiger partial charge in [0.05, 0.1) is 5.52 Å². The Balaban J connectivity index is 2.32. The summed E-state index contributed by atoms with van der Waals surface area (Å²) in [5.74, 6) is 0.910. The molecule has 0 atom stereocenters. The maximum atomic E-state index is 5.61. The van der Waals surface area contributed by atoms with E-state index in [-0.39, 0.29) is 0 Å². The Bertz CT molecular complexity index is 820. The van der Waals surface area contributed by atoms with E-state index in [9.17, 15) is 0 Å². The van der Waals surface area contributed by atoms with Crippen LogP contribution in [0.15, 0.2) is 48.5 Å². The summed E-state index contributed by atoms with van der Waals surface area (Å²) in [5.41, 5.74) is 3.34. The van der Waals surface area contributed by atoms with E-state index in [2.05, 4.69) is 37.3 Å². The summed E-state index contributed by atoms with van der Waals surface area (Å²) in [5, 5.41) is 1.06. The van der Waals surface area contributed by atoms with Gasteiger partial charge in [0.2, 0.25) is 0 Å². The van der Waals surface area contributed by atoms with Crippen molar-refractivity contribution in [3.05, 3.63) is 58.7 Å². The molecule has 100 valence electrons. The van der Waals surface area contributed by atoms with Gasteiger partial charge in [-0.15, -0.1) is 0 Å². The van der Waals surface area contributed by atoms with E-state index in [1.165, 1.54) is 5.56 Å². The number of hydrogen-bond acceptors (Lipinski definition) is 2. The van der Waals surface area contributed by atoms with Gasteiger partial charge in [0.1, 0.15) is 10.5 Å². The summed E-state index contributed by atoms with van der Waals surface area (Å²) in [6, 6.07) is 16.5. The Morgan fingerprint density at radius 2 is 1.85 bits per heavy atom. The highest BCUT2D eigenvalue weighted by Crippen LogP contribution is 2.23. The van der Waals surface area contributed by atoms with Crippen molar-refractivity contribution < 1.29 is 0 Å². The summed E-state index contributed by atoms with van der Waals surface area (Å²) in [6.45, 7) is 2.15. The van der Waals surface area contributed by atoms with E-state index < -0.39 is 0 Å². The molecule has 0 N–H and O–H groups in total. The first-order valence-corrected chi connectivity index (χ1v) is 7.16. The van der Waals surface area contributed by atoms with Crippen LogP contribution in [0.5, 0.6) is 0 Å². The van der Waals surface area contributed by atoms with Gasteiger partial charge in [-0.3, -0.25) is 0 Å². The second kappa shape index (κ2) is 5.17. The minimum atomic E-state index is 0.837. The van der Waals surface area contributed by atoms with Crippen molar-refractivity contribution in [2.24, 2.45) is 7.05 Å². The molecule has 2 aromatic carbocycles. The fraction of sp³-hybridized carbons (Fsp3) is 0.176. The number of fused-ring (bicyclic) bond motifs is 1. The maximum Gasteiger partial charge on any atom is 0.141 e. The van der Waals surface area contributed by atoms with Crippen molar-refractivity contribution in [2.45, 2.75) is 13.3 Å². The molecular weight excluding hydrogens is 264 g/mol. The molecule has 3 heteroatoms. The molecule has 3 rings (SSSR count). The van der Waals surface area contributed by atoms with Crippen LogP contribution in [0, 0.1) is 4.64 Å². The molecule has 0 saturated heterocycles. The van der Waals surface area contributed by atoms with Crippen molar-refractivity contribution in [2.75, 3.05) is 0 Å². The van der Waals surface area contributed by atoms with Crippen LogP contribution in [0.1, 0.15) is 12.5 Å². The third-order valence-electron chi connectivity index (χ3n) is 3.58. The number of nitrogens with zero attached hydrogens (tertiary/aromatic N) is 2. The molecule has 2 nitrogen and oxygen atoms in total. The molecule has 0 unspecified atom stereocenters. The van der Waals surface area contributed by atoms with Crippen molar-refractivity contribution in [3.8, 4) is 11.4 Å². The molecule has 0 saturated carbocycles. The number of aromatic nitrogens is 2. The normalized spacial score (nSPS) is 10.9. The molecule has 0 spiro atoms. The average Bonchev–Trinajstić information content (AvgIpc) is 2.51. The van der Waals surface area contributed by atoms with Crippen LogP contribution >= 0.6 is 12.2 Å². The van der Waals surface area contributed by atoms with Crippen molar-refractivity contribution in [3.63, 3.8) is 0 Å². The first-order valence-electron chi connectivity index (χ1n) is 6.76. The smallest absolute Gasteiger partial charge is 0.141 e. The van der Waals surface area contributed by atoms with Crippen LogP contribution in [0.3, 0.4) is 0 Å². The van der Waals surface area contributed by atoms with Crippen molar-refractivity contribution >= 4 is 23.1 Å². The summed E-state index contributed by atoms with van der Waals surface area (Å²) in [7, 11) is 1.98. The molecular formula is C17H16N2S. The summed E-state index contributed by atoms with van der Waals surface area (Å²) < 4.78 is 2.83. The molecule has 0 aliphatic heterocycles. The molecule has 3 aromatic rings. The zero-order valence-corrected chi connectivity index (χ0v) is 12.4. The molecule has 0 fully saturated rings. The zero-order valence-electron chi connectivity index (χ0n) is 11.6. The van der Waals surface area contributed by atoms with Gasteiger partial charge in [0.15, 0.2) is 0 Å².